The minimum absolute atomic E-state index is 0.123. The number of hydrogen-bond acceptors (Lipinski definition) is 3. The molecule has 0 fully saturated rings. The summed E-state index contributed by atoms with van der Waals surface area (Å²) in [5.74, 6) is 0.123. The van der Waals surface area contributed by atoms with Gasteiger partial charge in [0, 0.05) is 13.1 Å². The van der Waals surface area contributed by atoms with Gasteiger partial charge in [0.25, 0.3) is 0 Å². The minimum Gasteiger partial charge on any atom is -0.319 e. The van der Waals surface area contributed by atoms with Crippen LogP contribution in [-0.4, -0.2) is 34.3 Å². The first-order chi connectivity index (χ1) is 7.64. The minimum atomic E-state index is -3.13. The molecule has 0 radical (unpaired) electrons. The molecule has 1 aromatic carbocycles. The van der Waals surface area contributed by atoms with Crippen LogP contribution in [0.3, 0.4) is 0 Å². The quantitative estimate of drug-likeness (QED) is 0.726. The first-order valence-corrected chi connectivity index (χ1v) is 6.95. The highest BCUT2D eigenvalue weighted by atomic mass is 32.2. The van der Waals surface area contributed by atoms with E-state index in [0.717, 1.165) is 12.0 Å². The van der Waals surface area contributed by atoms with E-state index in [1.54, 1.807) is 7.05 Å². The van der Waals surface area contributed by atoms with E-state index in [1.807, 2.05) is 30.3 Å². The van der Waals surface area contributed by atoms with Crippen LogP contribution in [0.25, 0.3) is 0 Å². The van der Waals surface area contributed by atoms with Gasteiger partial charge >= 0.3 is 0 Å². The van der Waals surface area contributed by atoms with Gasteiger partial charge in [-0.3, -0.25) is 0 Å². The zero-order chi connectivity index (χ0) is 11.9. The van der Waals surface area contributed by atoms with E-state index in [2.05, 4.69) is 10.0 Å². The molecule has 0 heterocycles. The Morgan fingerprint density at radius 2 is 1.81 bits per heavy atom. The van der Waals surface area contributed by atoms with Crippen molar-refractivity contribution in [2.24, 2.45) is 0 Å². The fraction of sp³-hybridized carbons (Fsp3) is 0.455. The van der Waals surface area contributed by atoms with E-state index in [4.69, 9.17) is 0 Å². The number of sulfonamides is 1. The predicted octanol–water partition coefficient (Wildman–Crippen LogP) is 0.368. The van der Waals surface area contributed by atoms with Crippen molar-refractivity contribution in [3.63, 3.8) is 0 Å². The van der Waals surface area contributed by atoms with Crippen molar-refractivity contribution in [3.05, 3.63) is 35.9 Å². The molecular weight excluding hydrogens is 224 g/mol. The largest absolute Gasteiger partial charge is 0.319 e. The highest BCUT2D eigenvalue weighted by molar-refractivity contribution is 7.89. The van der Waals surface area contributed by atoms with Crippen molar-refractivity contribution >= 4 is 10.0 Å². The van der Waals surface area contributed by atoms with Crippen LogP contribution < -0.4 is 10.0 Å². The van der Waals surface area contributed by atoms with E-state index in [9.17, 15) is 8.42 Å². The molecule has 0 atom stereocenters. The molecule has 0 aliphatic carbocycles. The number of rotatable bonds is 7. The molecule has 0 aliphatic heterocycles. The summed E-state index contributed by atoms with van der Waals surface area (Å²) < 4.78 is 25.4. The molecule has 0 saturated heterocycles. The molecule has 0 spiro atoms. The lowest BCUT2D eigenvalue weighted by atomic mass is 10.2. The second kappa shape index (κ2) is 6.62. The van der Waals surface area contributed by atoms with Crippen LogP contribution in [0, 0.1) is 0 Å². The van der Waals surface area contributed by atoms with E-state index in [0.29, 0.717) is 13.1 Å². The number of benzene rings is 1. The van der Waals surface area contributed by atoms with E-state index < -0.39 is 10.0 Å². The zero-order valence-corrected chi connectivity index (χ0v) is 10.3. The van der Waals surface area contributed by atoms with Crippen LogP contribution >= 0.6 is 0 Å². The lowest BCUT2D eigenvalue weighted by Gasteiger charge is -2.06. The normalized spacial score (nSPS) is 11.6. The molecule has 0 aliphatic rings. The van der Waals surface area contributed by atoms with Gasteiger partial charge < -0.3 is 5.32 Å². The van der Waals surface area contributed by atoms with Crippen LogP contribution in [-0.2, 0) is 16.4 Å². The average Bonchev–Trinajstić information content (AvgIpc) is 2.28. The van der Waals surface area contributed by atoms with Crippen molar-refractivity contribution in [2.45, 2.75) is 6.42 Å². The molecule has 1 rings (SSSR count). The summed E-state index contributed by atoms with van der Waals surface area (Å²) in [6.45, 7) is 0.927. The lowest BCUT2D eigenvalue weighted by molar-refractivity contribution is 0.579. The summed E-state index contributed by atoms with van der Waals surface area (Å²) >= 11 is 0. The monoisotopic (exact) mass is 242 g/mol. The number of nitrogens with one attached hydrogen (secondary N) is 2. The second-order valence-corrected chi connectivity index (χ2v) is 5.48. The Kier molecular flexibility index (Phi) is 5.45. The van der Waals surface area contributed by atoms with Gasteiger partial charge in [-0.2, -0.15) is 0 Å². The van der Waals surface area contributed by atoms with Crippen LogP contribution in [0.15, 0.2) is 30.3 Å². The maximum atomic E-state index is 11.4. The van der Waals surface area contributed by atoms with E-state index in [-0.39, 0.29) is 5.75 Å². The average molecular weight is 242 g/mol. The summed E-state index contributed by atoms with van der Waals surface area (Å²) in [6, 6.07) is 9.82. The Bertz CT molecular complexity index is 390. The first kappa shape index (κ1) is 13.2. The maximum absolute atomic E-state index is 11.4. The maximum Gasteiger partial charge on any atom is 0.212 e. The third-order valence-electron chi connectivity index (χ3n) is 2.20. The van der Waals surface area contributed by atoms with E-state index in [1.165, 1.54) is 0 Å². The zero-order valence-electron chi connectivity index (χ0n) is 9.44. The standard InChI is InChI=1S/C11H18N2O2S/c1-12-9-10-16(14,15)13-8-7-11-5-3-2-4-6-11/h2-6,12-13H,7-10H2,1H3. The summed E-state index contributed by atoms with van der Waals surface area (Å²) in [5, 5.41) is 2.81. The van der Waals surface area contributed by atoms with Crippen molar-refractivity contribution in [3.8, 4) is 0 Å². The van der Waals surface area contributed by atoms with Crippen molar-refractivity contribution < 1.29 is 8.42 Å². The third kappa shape index (κ3) is 5.25. The van der Waals surface area contributed by atoms with Gasteiger partial charge in [0.05, 0.1) is 5.75 Å². The van der Waals surface area contributed by atoms with Gasteiger partial charge in [0.2, 0.25) is 10.0 Å². The van der Waals surface area contributed by atoms with E-state index >= 15 is 0 Å². The van der Waals surface area contributed by atoms with Crippen LogP contribution in [0.4, 0.5) is 0 Å². The number of hydrogen-bond donors (Lipinski definition) is 2. The molecule has 0 aromatic heterocycles. The van der Waals surface area contributed by atoms with Gasteiger partial charge in [-0.05, 0) is 19.0 Å². The van der Waals surface area contributed by atoms with Crippen LogP contribution in [0.1, 0.15) is 5.56 Å². The summed E-state index contributed by atoms with van der Waals surface area (Å²) in [4.78, 5) is 0. The highest BCUT2D eigenvalue weighted by Crippen LogP contribution is 1.98. The molecule has 0 saturated carbocycles. The molecule has 0 amide bonds. The second-order valence-electron chi connectivity index (χ2n) is 3.55. The predicted molar refractivity (Wildman–Crippen MR) is 65.9 cm³/mol. The van der Waals surface area contributed by atoms with Crippen molar-refractivity contribution in [2.75, 3.05) is 25.9 Å². The van der Waals surface area contributed by atoms with Crippen molar-refractivity contribution in [1.82, 2.24) is 10.0 Å². The van der Waals surface area contributed by atoms with Gasteiger partial charge in [0.1, 0.15) is 0 Å². The highest BCUT2D eigenvalue weighted by Gasteiger charge is 2.07. The van der Waals surface area contributed by atoms with Gasteiger partial charge in [-0.25, -0.2) is 13.1 Å². The first-order valence-electron chi connectivity index (χ1n) is 5.30. The molecule has 16 heavy (non-hydrogen) atoms. The molecule has 4 nitrogen and oxygen atoms in total. The summed E-state index contributed by atoms with van der Waals surface area (Å²) in [6.07, 6.45) is 0.722. The van der Waals surface area contributed by atoms with Crippen LogP contribution in [0.2, 0.25) is 0 Å². The van der Waals surface area contributed by atoms with Crippen molar-refractivity contribution in [1.29, 1.82) is 0 Å². The fourth-order valence-corrected chi connectivity index (χ4v) is 2.33. The molecule has 1 aromatic rings. The molecule has 0 bridgehead atoms. The van der Waals surface area contributed by atoms with Crippen LogP contribution in [0.5, 0.6) is 0 Å². The fourth-order valence-electron chi connectivity index (χ4n) is 1.30. The molecular formula is C11H18N2O2S. The Morgan fingerprint density at radius 1 is 1.12 bits per heavy atom. The Morgan fingerprint density at radius 3 is 2.44 bits per heavy atom. The topological polar surface area (TPSA) is 58.2 Å². The Hall–Kier alpha value is -0.910. The molecule has 2 N–H and O–H groups in total. The Balaban J connectivity index is 2.30. The SMILES string of the molecule is CNCCS(=O)(=O)NCCc1ccccc1. The third-order valence-corrected chi connectivity index (χ3v) is 3.58. The van der Waals surface area contributed by atoms with Gasteiger partial charge in [-0.15, -0.1) is 0 Å². The summed E-state index contributed by atoms with van der Waals surface area (Å²) in [7, 11) is -1.39. The van der Waals surface area contributed by atoms with Gasteiger partial charge in [-0.1, -0.05) is 30.3 Å². The molecule has 5 heteroatoms. The Labute approximate surface area is 97.1 Å². The molecule has 90 valence electrons. The lowest BCUT2D eigenvalue weighted by Crippen LogP contribution is -2.32. The molecule has 0 unspecified atom stereocenters. The summed E-state index contributed by atoms with van der Waals surface area (Å²) in [5.41, 5.74) is 1.14. The van der Waals surface area contributed by atoms with Gasteiger partial charge in [0.15, 0.2) is 0 Å². The smallest absolute Gasteiger partial charge is 0.212 e.